The molecule has 1 heterocycles. The molecule has 8 heteroatoms. The Morgan fingerprint density at radius 1 is 1.11 bits per heavy atom. The molecule has 1 N–H and O–H groups in total. The standard InChI is InChI=1S/C19H19ClN4O2S/c1-13-3-7-15(8-4-13)21-19-23-22-17(18(25)24(19)12-27-2)11-26-16-9-5-14(20)6-10-16/h3-10H,11-12H2,1-2H3,(H,21,23). The topological polar surface area (TPSA) is 69.0 Å². The van der Waals surface area contributed by atoms with Crippen LogP contribution in [-0.4, -0.2) is 21.0 Å². The highest BCUT2D eigenvalue weighted by Crippen LogP contribution is 2.17. The van der Waals surface area contributed by atoms with E-state index < -0.39 is 0 Å². The van der Waals surface area contributed by atoms with Gasteiger partial charge in [0.05, 0.1) is 5.88 Å². The second-order valence-electron chi connectivity index (χ2n) is 5.85. The van der Waals surface area contributed by atoms with E-state index in [2.05, 4.69) is 15.5 Å². The molecule has 0 unspecified atom stereocenters. The van der Waals surface area contributed by atoms with Gasteiger partial charge in [-0.2, -0.15) is 0 Å². The molecule has 0 bridgehead atoms. The molecule has 6 nitrogen and oxygen atoms in total. The van der Waals surface area contributed by atoms with Crippen LogP contribution in [0, 0.1) is 6.92 Å². The predicted molar refractivity (Wildman–Crippen MR) is 110 cm³/mol. The number of hydrogen-bond acceptors (Lipinski definition) is 6. The second kappa shape index (κ2) is 8.92. The van der Waals surface area contributed by atoms with Crippen LogP contribution in [0.5, 0.6) is 5.75 Å². The molecule has 0 aliphatic rings. The third-order valence-corrected chi connectivity index (χ3v) is 4.54. The summed E-state index contributed by atoms with van der Waals surface area (Å²) in [5, 5.41) is 12.0. The van der Waals surface area contributed by atoms with Crippen LogP contribution in [-0.2, 0) is 12.5 Å². The molecule has 0 saturated heterocycles. The first-order valence-electron chi connectivity index (χ1n) is 8.24. The van der Waals surface area contributed by atoms with Crippen LogP contribution in [0.2, 0.25) is 5.02 Å². The molecular weight excluding hydrogens is 384 g/mol. The lowest BCUT2D eigenvalue weighted by atomic mass is 10.2. The number of aromatic nitrogens is 3. The van der Waals surface area contributed by atoms with Crippen molar-refractivity contribution in [1.29, 1.82) is 0 Å². The van der Waals surface area contributed by atoms with Crippen LogP contribution >= 0.6 is 23.4 Å². The zero-order chi connectivity index (χ0) is 19.2. The van der Waals surface area contributed by atoms with Crippen LogP contribution in [0.15, 0.2) is 53.3 Å². The predicted octanol–water partition coefficient (Wildman–Crippen LogP) is 4.24. The number of nitrogens with zero attached hydrogens (tertiary/aromatic N) is 3. The molecule has 3 aromatic rings. The number of anilines is 2. The third kappa shape index (κ3) is 5.02. The van der Waals surface area contributed by atoms with Gasteiger partial charge >= 0.3 is 0 Å². The number of thioether (sulfide) groups is 1. The average molecular weight is 403 g/mol. The molecule has 0 aliphatic heterocycles. The largest absolute Gasteiger partial charge is 0.487 e. The summed E-state index contributed by atoms with van der Waals surface area (Å²) in [6.07, 6.45) is 1.92. The number of halogens is 1. The maximum atomic E-state index is 12.8. The second-order valence-corrected chi connectivity index (χ2v) is 7.13. The minimum atomic E-state index is -0.233. The summed E-state index contributed by atoms with van der Waals surface area (Å²) in [6.45, 7) is 2.05. The molecule has 0 amide bonds. The van der Waals surface area contributed by atoms with E-state index >= 15 is 0 Å². The molecule has 1 aromatic heterocycles. The van der Waals surface area contributed by atoms with Gasteiger partial charge in [-0.3, -0.25) is 9.36 Å². The first kappa shape index (κ1) is 19.3. The summed E-state index contributed by atoms with van der Waals surface area (Å²) in [5.74, 6) is 1.46. The Labute approximate surface area is 166 Å². The molecule has 140 valence electrons. The van der Waals surface area contributed by atoms with Crippen molar-refractivity contribution in [3.63, 3.8) is 0 Å². The van der Waals surface area contributed by atoms with Crippen molar-refractivity contribution >= 4 is 35.0 Å². The Bertz CT molecular complexity index is 959. The minimum absolute atomic E-state index is 0.0344. The molecule has 0 aliphatic carbocycles. The maximum Gasteiger partial charge on any atom is 0.281 e. The highest BCUT2D eigenvalue weighted by Gasteiger charge is 2.13. The van der Waals surface area contributed by atoms with Gasteiger partial charge in [0.2, 0.25) is 5.95 Å². The van der Waals surface area contributed by atoms with E-state index in [-0.39, 0.29) is 17.9 Å². The Morgan fingerprint density at radius 3 is 2.48 bits per heavy atom. The summed E-state index contributed by atoms with van der Waals surface area (Å²) < 4.78 is 7.18. The smallest absolute Gasteiger partial charge is 0.281 e. The number of ether oxygens (including phenoxy) is 1. The van der Waals surface area contributed by atoms with E-state index in [1.165, 1.54) is 11.8 Å². The number of nitrogens with one attached hydrogen (secondary N) is 1. The van der Waals surface area contributed by atoms with Crippen molar-refractivity contribution in [2.24, 2.45) is 0 Å². The number of benzene rings is 2. The summed E-state index contributed by atoms with van der Waals surface area (Å²) in [7, 11) is 0. The summed E-state index contributed by atoms with van der Waals surface area (Å²) in [6, 6.07) is 14.8. The first-order chi connectivity index (χ1) is 13.1. The van der Waals surface area contributed by atoms with Crippen LogP contribution in [0.25, 0.3) is 0 Å². The fourth-order valence-electron chi connectivity index (χ4n) is 2.34. The lowest BCUT2D eigenvalue weighted by Crippen LogP contribution is -2.29. The van der Waals surface area contributed by atoms with Crippen molar-refractivity contribution in [3.05, 3.63) is 75.2 Å². The molecular formula is C19H19ClN4O2S. The number of aryl methyl sites for hydroxylation is 1. The molecule has 0 saturated carbocycles. The molecule has 0 spiro atoms. The van der Waals surface area contributed by atoms with Crippen molar-refractivity contribution in [1.82, 2.24) is 14.8 Å². The lowest BCUT2D eigenvalue weighted by molar-refractivity contribution is 0.296. The third-order valence-electron chi connectivity index (χ3n) is 3.77. The van der Waals surface area contributed by atoms with E-state index in [4.69, 9.17) is 16.3 Å². The Kier molecular flexibility index (Phi) is 6.36. The van der Waals surface area contributed by atoms with Gasteiger partial charge in [0.1, 0.15) is 12.4 Å². The van der Waals surface area contributed by atoms with Gasteiger partial charge in [0, 0.05) is 10.7 Å². The lowest BCUT2D eigenvalue weighted by Gasteiger charge is -2.13. The Hall–Kier alpha value is -2.51. The Morgan fingerprint density at radius 2 is 1.81 bits per heavy atom. The molecule has 0 radical (unpaired) electrons. The average Bonchev–Trinajstić information content (AvgIpc) is 2.67. The normalized spacial score (nSPS) is 10.6. The van der Waals surface area contributed by atoms with Crippen LogP contribution in [0.3, 0.4) is 0 Å². The van der Waals surface area contributed by atoms with Gasteiger partial charge in [-0.05, 0) is 49.6 Å². The summed E-state index contributed by atoms with van der Waals surface area (Å²) in [5.41, 5.74) is 2.01. The van der Waals surface area contributed by atoms with E-state index in [1.54, 1.807) is 28.8 Å². The SMILES string of the molecule is CSCn1c(Nc2ccc(C)cc2)nnc(COc2ccc(Cl)cc2)c1=O. The van der Waals surface area contributed by atoms with Crippen molar-refractivity contribution < 1.29 is 4.74 Å². The van der Waals surface area contributed by atoms with Crippen molar-refractivity contribution in [2.75, 3.05) is 11.6 Å². The van der Waals surface area contributed by atoms with Gasteiger partial charge in [0.25, 0.3) is 5.56 Å². The quantitative estimate of drug-likeness (QED) is 0.637. The maximum absolute atomic E-state index is 12.8. The fraction of sp³-hybridized carbons (Fsp3) is 0.211. The van der Waals surface area contributed by atoms with Gasteiger partial charge < -0.3 is 10.1 Å². The molecule has 27 heavy (non-hydrogen) atoms. The molecule has 2 aromatic carbocycles. The van der Waals surface area contributed by atoms with Gasteiger partial charge in [-0.1, -0.05) is 29.3 Å². The van der Waals surface area contributed by atoms with Crippen LogP contribution in [0.4, 0.5) is 11.6 Å². The summed E-state index contributed by atoms with van der Waals surface area (Å²) >= 11 is 7.38. The van der Waals surface area contributed by atoms with Crippen molar-refractivity contribution in [2.45, 2.75) is 19.4 Å². The number of hydrogen-bond donors (Lipinski definition) is 1. The molecule has 0 atom stereocenters. The van der Waals surface area contributed by atoms with E-state index in [9.17, 15) is 4.79 Å². The highest BCUT2D eigenvalue weighted by molar-refractivity contribution is 7.97. The zero-order valence-electron chi connectivity index (χ0n) is 15.0. The number of rotatable bonds is 7. The monoisotopic (exact) mass is 402 g/mol. The van der Waals surface area contributed by atoms with Crippen LogP contribution < -0.4 is 15.6 Å². The van der Waals surface area contributed by atoms with Crippen LogP contribution in [0.1, 0.15) is 11.3 Å². The van der Waals surface area contributed by atoms with Crippen molar-refractivity contribution in [3.8, 4) is 5.75 Å². The fourth-order valence-corrected chi connectivity index (χ4v) is 2.96. The highest BCUT2D eigenvalue weighted by atomic mass is 35.5. The zero-order valence-corrected chi connectivity index (χ0v) is 16.5. The van der Waals surface area contributed by atoms with Gasteiger partial charge in [-0.25, -0.2) is 0 Å². The van der Waals surface area contributed by atoms with Gasteiger partial charge in [0.15, 0.2) is 5.69 Å². The van der Waals surface area contributed by atoms with Gasteiger partial charge in [-0.15, -0.1) is 22.0 Å². The minimum Gasteiger partial charge on any atom is -0.487 e. The van der Waals surface area contributed by atoms with E-state index in [1.807, 2.05) is 37.4 Å². The Balaban J connectivity index is 1.82. The van der Waals surface area contributed by atoms with E-state index in [0.29, 0.717) is 22.6 Å². The van der Waals surface area contributed by atoms with E-state index in [0.717, 1.165) is 11.3 Å². The molecule has 3 rings (SSSR count). The molecule has 0 fully saturated rings. The first-order valence-corrected chi connectivity index (χ1v) is 10.0. The summed E-state index contributed by atoms with van der Waals surface area (Å²) in [4.78, 5) is 12.8.